The van der Waals surface area contributed by atoms with Gasteiger partial charge in [0.15, 0.2) is 0 Å². The minimum Gasteiger partial charge on any atom is -0.398 e. The highest BCUT2D eigenvalue weighted by molar-refractivity contribution is 7.89. The predicted octanol–water partition coefficient (Wildman–Crippen LogP) is 2.55. The van der Waals surface area contributed by atoms with E-state index in [0.29, 0.717) is 18.8 Å². The van der Waals surface area contributed by atoms with E-state index in [1.807, 2.05) is 40.7 Å². The van der Waals surface area contributed by atoms with Crippen LogP contribution >= 0.6 is 0 Å². The Morgan fingerprint density at radius 2 is 1.84 bits per heavy atom. The number of aryl methyl sites for hydroxylation is 1. The molecule has 1 aromatic carbocycles. The van der Waals surface area contributed by atoms with Gasteiger partial charge in [0.1, 0.15) is 4.90 Å². The topological polar surface area (TPSA) is 63.4 Å². The number of sulfonamides is 1. The fraction of sp³-hybridized carbons (Fsp3) is 0.571. The largest absolute Gasteiger partial charge is 0.398 e. The smallest absolute Gasteiger partial charge is 0.245 e. The van der Waals surface area contributed by atoms with Crippen molar-refractivity contribution < 1.29 is 8.42 Å². The van der Waals surface area contributed by atoms with Crippen LogP contribution in [0.15, 0.2) is 17.0 Å². The number of nitrogen functional groups attached to an aromatic ring is 1. The van der Waals surface area contributed by atoms with Gasteiger partial charge in [-0.2, -0.15) is 4.31 Å². The SMILES string of the molecule is CCN(CC(C)C)S(=O)(=O)c1c(N)ccc(C)c1C. The highest BCUT2D eigenvalue weighted by atomic mass is 32.2. The van der Waals surface area contributed by atoms with Gasteiger partial charge in [-0.15, -0.1) is 0 Å². The first kappa shape index (κ1) is 16.0. The Morgan fingerprint density at radius 3 is 2.32 bits per heavy atom. The van der Waals surface area contributed by atoms with Crippen molar-refractivity contribution in [2.45, 2.75) is 39.5 Å². The average molecular weight is 284 g/mol. The number of anilines is 1. The molecule has 0 radical (unpaired) electrons. The summed E-state index contributed by atoms with van der Waals surface area (Å²) in [5, 5.41) is 0. The molecular weight excluding hydrogens is 260 g/mol. The molecule has 0 amide bonds. The van der Waals surface area contributed by atoms with Crippen LogP contribution < -0.4 is 5.73 Å². The molecular formula is C14H24N2O2S. The third-order valence-corrected chi connectivity index (χ3v) is 5.37. The van der Waals surface area contributed by atoms with E-state index in [1.54, 1.807) is 6.07 Å². The van der Waals surface area contributed by atoms with E-state index in [1.165, 1.54) is 4.31 Å². The summed E-state index contributed by atoms with van der Waals surface area (Å²) in [6, 6.07) is 3.51. The Bertz CT molecular complexity index is 551. The minimum atomic E-state index is -3.52. The highest BCUT2D eigenvalue weighted by Crippen LogP contribution is 2.28. The molecule has 0 saturated heterocycles. The zero-order valence-electron chi connectivity index (χ0n) is 12.4. The molecule has 1 rings (SSSR count). The first-order valence-electron chi connectivity index (χ1n) is 6.57. The lowest BCUT2D eigenvalue weighted by molar-refractivity contribution is 0.381. The Labute approximate surface area is 116 Å². The van der Waals surface area contributed by atoms with E-state index in [2.05, 4.69) is 0 Å². The van der Waals surface area contributed by atoms with Gasteiger partial charge >= 0.3 is 0 Å². The van der Waals surface area contributed by atoms with Crippen LogP contribution in [-0.4, -0.2) is 25.8 Å². The molecule has 0 aliphatic heterocycles. The second-order valence-electron chi connectivity index (χ2n) is 5.28. The third-order valence-electron chi connectivity index (χ3n) is 3.23. The standard InChI is InChI=1S/C14H24N2O2S/c1-6-16(9-10(2)3)19(17,18)14-12(5)11(4)7-8-13(14)15/h7-8,10H,6,9,15H2,1-5H3. The van der Waals surface area contributed by atoms with E-state index in [9.17, 15) is 8.42 Å². The second kappa shape index (κ2) is 5.92. The lowest BCUT2D eigenvalue weighted by Gasteiger charge is -2.24. The van der Waals surface area contributed by atoms with Crippen molar-refractivity contribution in [1.82, 2.24) is 4.31 Å². The van der Waals surface area contributed by atoms with Crippen LogP contribution in [-0.2, 0) is 10.0 Å². The van der Waals surface area contributed by atoms with Crippen molar-refractivity contribution in [1.29, 1.82) is 0 Å². The number of hydrogen-bond donors (Lipinski definition) is 1. The molecule has 0 atom stereocenters. The Kier molecular flexibility index (Phi) is 4.98. The van der Waals surface area contributed by atoms with E-state index < -0.39 is 10.0 Å². The number of rotatable bonds is 5. The summed E-state index contributed by atoms with van der Waals surface area (Å²) in [7, 11) is -3.52. The van der Waals surface area contributed by atoms with E-state index in [-0.39, 0.29) is 10.8 Å². The summed E-state index contributed by atoms with van der Waals surface area (Å²) in [6.45, 7) is 10.5. The van der Waals surface area contributed by atoms with Crippen LogP contribution in [0, 0.1) is 19.8 Å². The maximum Gasteiger partial charge on any atom is 0.245 e. The van der Waals surface area contributed by atoms with Gasteiger partial charge in [-0.05, 0) is 37.0 Å². The molecule has 1 aromatic rings. The van der Waals surface area contributed by atoms with Crippen molar-refractivity contribution in [3.05, 3.63) is 23.3 Å². The van der Waals surface area contributed by atoms with Gasteiger partial charge in [-0.25, -0.2) is 8.42 Å². The van der Waals surface area contributed by atoms with Gasteiger partial charge in [0.05, 0.1) is 5.69 Å². The maximum absolute atomic E-state index is 12.7. The fourth-order valence-electron chi connectivity index (χ4n) is 2.09. The summed E-state index contributed by atoms with van der Waals surface area (Å²) < 4.78 is 27.0. The predicted molar refractivity (Wildman–Crippen MR) is 79.6 cm³/mol. The molecule has 0 spiro atoms. The quantitative estimate of drug-likeness (QED) is 0.845. The molecule has 0 heterocycles. The van der Waals surface area contributed by atoms with Crippen molar-refractivity contribution in [3.63, 3.8) is 0 Å². The van der Waals surface area contributed by atoms with Crippen molar-refractivity contribution in [2.24, 2.45) is 5.92 Å². The first-order chi connectivity index (χ1) is 8.71. The Balaban J connectivity index is 3.38. The van der Waals surface area contributed by atoms with E-state index in [4.69, 9.17) is 5.73 Å². The Morgan fingerprint density at radius 1 is 1.26 bits per heavy atom. The molecule has 19 heavy (non-hydrogen) atoms. The van der Waals surface area contributed by atoms with Crippen LogP contribution in [0.25, 0.3) is 0 Å². The first-order valence-corrected chi connectivity index (χ1v) is 8.01. The molecule has 5 heteroatoms. The number of hydrogen-bond acceptors (Lipinski definition) is 3. The summed E-state index contributed by atoms with van der Waals surface area (Å²) in [4.78, 5) is 0.259. The summed E-state index contributed by atoms with van der Waals surface area (Å²) in [5.41, 5.74) is 7.89. The van der Waals surface area contributed by atoms with Crippen LogP contribution in [0.4, 0.5) is 5.69 Å². The number of nitrogens with zero attached hydrogens (tertiary/aromatic N) is 1. The number of nitrogens with two attached hydrogens (primary N) is 1. The second-order valence-corrected chi connectivity index (χ2v) is 7.15. The zero-order valence-corrected chi connectivity index (χ0v) is 13.2. The molecule has 0 fully saturated rings. The van der Waals surface area contributed by atoms with Crippen LogP contribution in [0.2, 0.25) is 0 Å². The van der Waals surface area contributed by atoms with E-state index >= 15 is 0 Å². The van der Waals surface area contributed by atoms with Crippen LogP contribution in [0.5, 0.6) is 0 Å². The molecule has 0 bridgehead atoms. The molecule has 0 unspecified atom stereocenters. The van der Waals surface area contributed by atoms with Gasteiger partial charge in [0.2, 0.25) is 10.0 Å². The number of benzene rings is 1. The highest BCUT2D eigenvalue weighted by Gasteiger charge is 2.28. The van der Waals surface area contributed by atoms with Gasteiger partial charge in [-0.1, -0.05) is 26.8 Å². The Hall–Kier alpha value is -1.07. The molecule has 4 nitrogen and oxygen atoms in total. The normalized spacial score (nSPS) is 12.4. The summed E-state index contributed by atoms with van der Waals surface area (Å²) in [6.07, 6.45) is 0. The summed E-state index contributed by atoms with van der Waals surface area (Å²) in [5.74, 6) is 0.279. The van der Waals surface area contributed by atoms with Crippen LogP contribution in [0.1, 0.15) is 31.9 Å². The molecule has 0 aliphatic carbocycles. The molecule has 0 aromatic heterocycles. The summed E-state index contributed by atoms with van der Waals surface area (Å²) >= 11 is 0. The third kappa shape index (κ3) is 3.28. The van der Waals surface area contributed by atoms with Gasteiger partial charge in [0, 0.05) is 13.1 Å². The van der Waals surface area contributed by atoms with Gasteiger partial charge < -0.3 is 5.73 Å². The van der Waals surface area contributed by atoms with Gasteiger partial charge in [0.25, 0.3) is 0 Å². The van der Waals surface area contributed by atoms with Crippen molar-refractivity contribution in [3.8, 4) is 0 Å². The van der Waals surface area contributed by atoms with Gasteiger partial charge in [-0.3, -0.25) is 0 Å². The molecule has 108 valence electrons. The zero-order chi connectivity index (χ0) is 14.8. The molecule has 0 aliphatic rings. The fourth-order valence-corrected chi connectivity index (χ4v) is 4.09. The minimum absolute atomic E-state index is 0.259. The lowest BCUT2D eigenvalue weighted by Crippen LogP contribution is -2.35. The van der Waals surface area contributed by atoms with Crippen molar-refractivity contribution in [2.75, 3.05) is 18.8 Å². The van der Waals surface area contributed by atoms with E-state index in [0.717, 1.165) is 11.1 Å². The average Bonchev–Trinajstić information content (AvgIpc) is 2.30. The molecule has 2 N–H and O–H groups in total. The maximum atomic E-state index is 12.7. The van der Waals surface area contributed by atoms with Crippen LogP contribution in [0.3, 0.4) is 0 Å². The van der Waals surface area contributed by atoms with Crippen molar-refractivity contribution >= 4 is 15.7 Å². The monoisotopic (exact) mass is 284 g/mol. The molecule has 0 saturated carbocycles. The lowest BCUT2D eigenvalue weighted by atomic mass is 10.1.